The van der Waals surface area contributed by atoms with Gasteiger partial charge in [-0.15, -0.1) is 0 Å². The van der Waals surface area contributed by atoms with Crippen LogP contribution in [-0.4, -0.2) is 36.0 Å². The van der Waals surface area contributed by atoms with E-state index in [0.29, 0.717) is 17.9 Å². The topological polar surface area (TPSA) is 60.4 Å². The molecule has 1 amide bonds. The molecule has 0 fully saturated rings. The molecule has 0 saturated heterocycles. The molecule has 168 valence electrons. The lowest BCUT2D eigenvalue weighted by Crippen LogP contribution is -2.37. The van der Waals surface area contributed by atoms with Gasteiger partial charge in [-0.1, -0.05) is 23.4 Å². The van der Waals surface area contributed by atoms with Gasteiger partial charge in [-0.05, 0) is 54.1 Å². The average molecular weight is 450 g/mol. The maximum absolute atomic E-state index is 13.7. The van der Waals surface area contributed by atoms with E-state index < -0.39 is 5.82 Å². The first kappa shape index (κ1) is 20.9. The van der Waals surface area contributed by atoms with Gasteiger partial charge in [0, 0.05) is 24.1 Å². The minimum atomic E-state index is -0.492. The van der Waals surface area contributed by atoms with Crippen molar-refractivity contribution in [2.45, 2.75) is 19.1 Å². The molecule has 0 aromatic heterocycles. The highest BCUT2D eigenvalue weighted by Gasteiger charge is 2.28. The largest absolute Gasteiger partial charge is 0.454 e. The summed E-state index contributed by atoms with van der Waals surface area (Å²) in [7, 11) is 0. The third-order valence-electron chi connectivity index (χ3n) is 5.51. The molecule has 0 bridgehead atoms. The normalized spacial score (nSPS) is 16.3. The highest BCUT2D eigenvalue weighted by atomic mass is 19.1. The number of ether oxygens (including phenoxy) is 2. The summed E-state index contributed by atoms with van der Waals surface area (Å²) in [6, 6.07) is 17.0. The molecule has 6 nitrogen and oxygen atoms in total. The van der Waals surface area contributed by atoms with Crippen LogP contribution in [0.25, 0.3) is 0 Å². The Morgan fingerprint density at radius 2 is 1.79 bits per heavy atom. The standard InChI is InChI=1S/C25H20F2N2O4/c26-19-7-4-16(5-8-19)13-29(25(30)18-2-1-3-20(27)10-18)14-21-12-22(28-33-21)17-6-9-23-24(11-17)32-15-31-23/h1-11,21H,12-15H2/t21-/m1/s1. The number of fused-ring (bicyclic) bond motifs is 1. The van der Waals surface area contributed by atoms with Gasteiger partial charge in [0.2, 0.25) is 6.79 Å². The van der Waals surface area contributed by atoms with Crippen molar-refractivity contribution >= 4 is 11.6 Å². The number of halogens is 2. The molecule has 2 aliphatic heterocycles. The zero-order valence-electron chi connectivity index (χ0n) is 17.5. The lowest BCUT2D eigenvalue weighted by atomic mass is 10.0. The van der Waals surface area contributed by atoms with Gasteiger partial charge in [0.05, 0.1) is 12.3 Å². The van der Waals surface area contributed by atoms with Crippen LogP contribution in [0.1, 0.15) is 27.9 Å². The zero-order chi connectivity index (χ0) is 22.8. The second-order valence-corrected chi connectivity index (χ2v) is 7.86. The van der Waals surface area contributed by atoms with Crippen molar-refractivity contribution < 1.29 is 27.9 Å². The minimum Gasteiger partial charge on any atom is -0.454 e. The number of nitrogens with zero attached hydrogens (tertiary/aromatic N) is 2. The van der Waals surface area contributed by atoms with E-state index in [1.165, 1.54) is 30.3 Å². The third kappa shape index (κ3) is 4.64. The molecule has 2 heterocycles. The number of oxime groups is 1. The van der Waals surface area contributed by atoms with E-state index in [4.69, 9.17) is 14.3 Å². The Balaban J connectivity index is 1.32. The predicted octanol–water partition coefficient (Wildman–Crippen LogP) is 4.53. The minimum absolute atomic E-state index is 0.185. The summed E-state index contributed by atoms with van der Waals surface area (Å²) in [6.45, 7) is 0.629. The number of carbonyl (C=O) groups is 1. The fourth-order valence-electron chi connectivity index (χ4n) is 3.85. The number of rotatable bonds is 6. The van der Waals surface area contributed by atoms with Gasteiger partial charge in [0.15, 0.2) is 17.6 Å². The number of carbonyl (C=O) groups excluding carboxylic acids is 1. The molecular weight excluding hydrogens is 430 g/mol. The fraction of sp³-hybridized carbons (Fsp3) is 0.200. The molecule has 5 rings (SSSR count). The lowest BCUT2D eigenvalue weighted by molar-refractivity contribution is 0.0405. The van der Waals surface area contributed by atoms with E-state index in [0.717, 1.165) is 16.8 Å². The van der Waals surface area contributed by atoms with Gasteiger partial charge in [-0.3, -0.25) is 4.79 Å². The number of amides is 1. The van der Waals surface area contributed by atoms with Crippen molar-refractivity contribution in [1.82, 2.24) is 4.90 Å². The quantitative estimate of drug-likeness (QED) is 0.554. The van der Waals surface area contributed by atoms with Crippen LogP contribution in [0.5, 0.6) is 11.5 Å². The summed E-state index contributed by atoms with van der Waals surface area (Å²) >= 11 is 0. The summed E-state index contributed by atoms with van der Waals surface area (Å²) in [5.41, 5.74) is 2.56. The van der Waals surface area contributed by atoms with Crippen LogP contribution in [0.2, 0.25) is 0 Å². The van der Waals surface area contributed by atoms with Crippen LogP contribution in [0.4, 0.5) is 8.78 Å². The third-order valence-corrected chi connectivity index (χ3v) is 5.51. The number of benzene rings is 3. The van der Waals surface area contributed by atoms with Crippen LogP contribution in [0.15, 0.2) is 71.9 Å². The Labute approximate surface area is 189 Å². The molecule has 1 atom stereocenters. The Kier molecular flexibility index (Phi) is 5.64. The van der Waals surface area contributed by atoms with Gasteiger partial charge in [-0.2, -0.15) is 0 Å². The Bertz CT molecular complexity index is 1210. The van der Waals surface area contributed by atoms with Crippen LogP contribution < -0.4 is 9.47 Å². The number of hydrogen-bond donors (Lipinski definition) is 0. The fourth-order valence-corrected chi connectivity index (χ4v) is 3.85. The molecule has 0 saturated carbocycles. The SMILES string of the molecule is O=C(c1cccc(F)c1)N(Cc1ccc(F)cc1)C[C@H]1CC(c2ccc3c(c2)OCO3)=NO1. The van der Waals surface area contributed by atoms with E-state index in [9.17, 15) is 13.6 Å². The van der Waals surface area contributed by atoms with Gasteiger partial charge < -0.3 is 19.2 Å². The van der Waals surface area contributed by atoms with E-state index in [1.54, 1.807) is 23.1 Å². The molecule has 3 aromatic carbocycles. The molecule has 8 heteroatoms. The smallest absolute Gasteiger partial charge is 0.254 e. The first-order valence-corrected chi connectivity index (χ1v) is 10.5. The van der Waals surface area contributed by atoms with Gasteiger partial charge in [0.25, 0.3) is 5.91 Å². The van der Waals surface area contributed by atoms with E-state index in [1.807, 2.05) is 18.2 Å². The zero-order valence-corrected chi connectivity index (χ0v) is 17.5. The summed E-state index contributed by atoms with van der Waals surface area (Å²) in [5.74, 6) is 0.133. The van der Waals surface area contributed by atoms with Crippen molar-refractivity contribution in [1.29, 1.82) is 0 Å². The molecule has 0 unspecified atom stereocenters. The van der Waals surface area contributed by atoms with Gasteiger partial charge in [-0.25, -0.2) is 8.78 Å². The second-order valence-electron chi connectivity index (χ2n) is 7.86. The highest BCUT2D eigenvalue weighted by molar-refractivity contribution is 6.02. The Hall–Kier alpha value is -3.94. The maximum atomic E-state index is 13.7. The van der Waals surface area contributed by atoms with Crippen molar-refractivity contribution in [3.8, 4) is 11.5 Å². The van der Waals surface area contributed by atoms with Crippen LogP contribution in [-0.2, 0) is 11.4 Å². The van der Waals surface area contributed by atoms with Crippen molar-refractivity contribution in [2.75, 3.05) is 13.3 Å². The van der Waals surface area contributed by atoms with Crippen LogP contribution in [0, 0.1) is 11.6 Å². The Morgan fingerprint density at radius 3 is 2.61 bits per heavy atom. The van der Waals surface area contributed by atoms with Crippen LogP contribution >= 0.6 is 0 Å². The van der Waals surface area contributed by atoms with Gasteiger partial charge >= 0.3 is 0 Å². The summed E-state index contributed by atoms with van der Waals surface area (Å²) in [5, 5.41) is 4.20. The van der Waals surface area contributed by atoms with Crippen molar-refractivity contribution in [2.24, 2.45) is 5.16 Å². The highest BCUT2D eigenvalue weighted by Crippen LogP contribution is 2.33. The molecule has 3 aromatic rings. The molecule has 0 aliphatic carbocycles. The molecule has 0 radical (unpaired) electrons. The Morgan fingerprint density at radius 1 is 0.970 bits per heavy atom. The van der Waals surface area contributed by atoms with Crippen molar-refractivity contribution in [3.05, 3.63) is 95.1 Å². The summed E-state index contributed by atoms with van der Waals surface area (Å²) in [6.07, 6.45) is 0.0964. The van der Waals surface area contributed by atoms with Crippen molar-refractivity contribution in [3.63, 3.8) is 0 Å². The van der Waals surface area contributed by atoms with E-state index >= 15 is 0 Å². The predicted molar refractivity (Wildman–Crippen MR) is 116 cm³/mol. The van der Waals surface area contributed by atoms with Crippen LogP contribution in [0.3, 0.4) is 0 Å². The summed E-state index contributed by atoms with van der Waals surface area (Å²) < 4.78 is 37.8. The molecule has 0 spiro atoms. The van der Waals surface area contributed by atoms with E-state index in [-0.39, 0.29) is 43.3 Å². The molecular formula is C25H20F2N2O4. The first-order chi connectivity index (χ1) is 16.0. The maximum Gasteiger partial charge on any atom is 0.254 e. The molecule has 2 aliphatic rings. The van der Waals surface area contributed by atoms with E-state index in [2.05, 4.69) is 5.16 Å². The summed E-state index contributed by atoms with van der Waals surface area (Å²) in [4.78, 5) is 20.4. The first-order valence-electron chi connectivity index (χ1n) is 10.5. The average Bonchev–Trinajstić information content (AvgIpc) is 3.48. The molecule has 0 N–H and O–H groups in total. The number of hydrogen-bond acceptors (Lipinski definition) is 5. The lowest BCUT2D eigenvalue weighted by Gasteiger charge is -2.25. The monoisotopic (exact) mass is 450 g/mol. The van der Waals surface area contributed by atoms with Gasteiger partial charge in [0.1, 0.15) is 11.6 Å². The second kappa shape index (κ2) is 8.90. The molecule has 33 heavy (non-hydrogen) atoms.